The zero-order valence-electron chi connectivity index (χ0n) is 18.1. The fourth-order valence-corrected chi connectivity index (χ4v) is 5.65. The van der Waals surface area contributed by atoms with Crippen molar-refractivity contribution in [3.8, 4) is 17.2 Å². The molecular formula is C28H23N3O2. The minimum absolute atomic E-state index is 0.0157. The predicted octanol–water partition coefficient (Wildman–Crippen LogP) is 5.52. The number of ether oxygens (including phenoxy) is 1. The predicted molar refractivity (Wildman–Crippen MR) is 125 cm³/mol. The van der Waals surface area contributed by atoms with Crippen molar-refractivity contribution in [2.75, 3.05) is 6.61 Å². The van der Waals surface area contributed by atoms with Crippen molar-refractivity contribution in [1.82, 2.24) is 9.88 Å². The highest BCUT2D eigenvalue weighted by molar-refractivity contribution is 5.79. The third-order valence-electron chi connectivity index (χ3n) is 7.13. The average Bonchev–Trinajstić information content (AvgIpc) is 3.33. The summed E-state index contributed by atoms with van der Waals surface area (Å²) in [7, 11) is 0. The summed E-state index contributed by atoms with van der Waals surface area (Å²) in [6, 6.07) is 24.5. The van der Waals surface area contributed by atoms with Crippen LogP contribution in [0.4, 0.5) is 4.79 Å². The highest BCUT2D eigenvalue weighted by Gasteiger charge is 2.41. The van der Waals surface area contributed by atoms with Gasteiger partial charge in [0.25, 0.3) is 0 Å². The Morgan fingerprint density at radius 1 is 1.00 bits per heavy atom. The number of nitriles is 1. The van der Waals surface area contributed by atoms with Crippen LogP contribution in [0.15, 0.2) is 72.8 Å². The van der Waals surface area contributed by atoms with Crippen molar-refractivity contribution >= 4 is 11.7 Å². The third-order valence-corrected chi connectivity index (χ3v) is 7.13. The van der Waals surface area contributed by atoms with Crippen molar-refractivity contribution in [3.63, 3.8) is 0 Å². The Kier molecular flexibility index (Phi) is 4.73. The molecule has 33 heavy (non-hydrogen) atoms. The highest BCUT2D eigenvalue weighted by Crippen LogP contribution is 2.45. The van der Waals surface area contributed by atoms with Gasteiger partial charge < -0.3 is 4.74 Å². The lowest BCUT2D eigenvalue weighted by atomic mass is 9.98. The highest BCUT2D eigenvalue weighted by atomic mass is 16.6. The first-order valence-electron chi connectivity index (χ1n) is 11.4. The summed E-state index contributed by atoms with van der Waals surface area (Å²) >= 11 is 0. The number of rotatable bonds is 3. The number of aromatic nitrogens is 1. The summed E-state index contributed by atoms with van der Waals surface area (Å²) in [4.78, 5) is 19.6. The number of amides is 1. The van der Waals surface area contributed by atoms with Crippen molar-refractivity contribution < 1.29 is 9.53 Å². The van der Waals surface area contributed by atoms with Crippen LogP contribution in [-0.4, -0.2) is 34.7 Å². The number of carbonyl (C=O) groups excluding carboxylic acids is 1. The molecule has 3 heterocycles. The molecule has 6 rings (SSSR count). The molecule has 3 aromatic rings. The van der Waals surface area contributed by atoms with Gasteiger partial charge in [0.05, 0.1) is 11.7 Å². The summed E-state index contributed by atoms with van der Waals surface area (Å²) in [5.74, 6) is 0.0628. The molecule has 2 bridgehead atoms. The van der Waals surface area contributed by atoms with Crippen LogP contribution in [0.1, 0.15) is 47.7 Å². The van der Waals surface area contributed by atoms with Gasteiger partial charge in [0.2, 0.25) is 0 Å². The second-order valence-corrected chi connectivity index (χ2v) is 8.93. The van der Waals surface area contributed by atoms with Crippen molar-refractivity contribution in [2.45, 2.75) is 37.3 Å². The van der Waals surface area contributed by atoms with Gasteiger partial charge >= 0.3 is 6.09 Å². The van der Waals surface area contributed by atoms with Crippen LogP contribution >= 0.6 is 0 Å². The average molecular weight is 434 g/mol. The van der Waals surface area contributed by atoms with E-state index in [4.69, 9.17) is 10.00 Å². The van der Waals surface area contributed by atoms with Crippen molar-refractivity contribution in [2.24, 2.45) is 0 Å². The van der Waals surface area contributed by atoms with Crippen LogP contribution in [0, 0.1) is 11.3 Å². The van der Waals surface area contributed by atoms with Gasteiger partial charge in [-0.15, -0.1) is 0 Å². The third kappa shape index (κ3) is 3.30. The molecule has 1 amide bonds. The molecule has 1 saturated heterocycles. The number of fused-ring (bicyclic) bond motifs is 5. The molecule has 2 unspecified atom stereocenters. The van der Waals surface area contributed by atoms with E-state index >= 15 is 0 Å². The number of hydrogen-bond donors (Lipinski definition) is 0. The number of hydrogen-bond acceptors (Lipinski definition) is 4. The summed E-state index contributed by atoms with van der Waals surface area (Å²) in [6.45, 7) is 0.338. The maximum absolute atomic E-state index is 13.2. The smallest absolute Gasteiger partial charge is 0.410 e. The van der Waals surface area contributed by atoms with Gasteiger partial charge in [-0.3, -0.25) is 4.90 Å². The van der Waals surface area contributed by atoms with E-state index in [0.717, 1.165) is 30.5 Å². The standard InChI is InChI=1S/C28H23N3O2/c29-16-19-6-5-11-27(30-19)18-14-20-12-13-21(15-18)31(20)28(32)33-17-26-24-9-3-1-7-22(24)23-8-2-4-10-25(23)26/h1-11,14,20-21,26H,12-13,15,17H2. The van der Waals surface area contributed by atoms with E-state index in [0.29, 0.717) is 12.3 Å². The summed E-state index contributed by atoms with van der Waals surface area (Å²) in [5, 5.41) is 9.16. The zero-order valence-corrected chi connectivity index (χ0v) is 18.1. The van der Waals surface area contributed by atoms with E-state index in [1.165, 1.54) is 22.3 Å². The molecular weight excluding hydrogens is 410 g/mol. The Morgan fingerprint density at radius 2 is 1.73 bits per heavy atom. The summed E-state index contributed by atoms with van der Waals surface area (Å²) < 4.78 is 5.94. The number of nitrogens with zero attached hydrogens (tertiary/aromatic N) is 3. The Bertz CT molecular complexity index is 1280. The van der Waals surface area contributed by atoms with Crippen LogP contribution in [0.5, 0.6) is 0 Å². The van der Waals surface area contributed by atoms with Gasteiger partial charge in [-0.1, -0.05) is 60.7 Å². The van der Waals surface area contributed by atoms with Gasteiger partial charge in [-0.2, -0.15) is 5.26 Å². The Labute approximate surface area is 192 Å². The molecule has 2 atom stereocenters. The first kappa shape index (κ1) is 19.8. The Hall–Kier alpha value is -3.91. The van der Waals surface area contributed by atoms with Crippen LogP contribution < -0.4 is 0 Å². The SMILES string of the molecule is N#Cc1cccc(C2=CC3CCC(C2)N3C(=O)OCC2c3ccccc3-c3ccccc32)n1. The fourth-order valence-electron chi connectivity index (χ4n) is 5.65. The van der Waals surface area contributed by atoms with E-state index in [-0.39, 0.29) is 24.1 Å². The lowest BCUT2D eigenvalue weighted by molar-refractivity contribution is 0.0866. The first-order valence-corrected chi connectivity index (χ1v) is 11.4. The molecule has 1 fully saturated rings. The molecule has 3 aliphatic rings. The normalized spacial score (nSPS) is 20.6. The van der Waals surface area contributed by atoms with E-state index in [9.17, 15) is 4.79 Å². The van der Waals surface area contributed by atoms with Gasteiger partial charge in [0.1, 0.15) is 18.4 Å². The van der Waals surface area contributed by atoms with Crippen LogP contribution in [0.2, 0.25) is 0 Å². The fraction of sp³-hybridized carbons (Fsp3) is 0.250. The topological polar surface area (TPSA) is 66.2 Å². The quantitative estimate of drug-likeness (QED) is 0.545. The molecule has 2 aromatic carbocycles. The van der Waals surface area contributed by atoms with Gasteiger partial charge in [0.15, 0.2) is 0 Å². The molecule has 162 valence electrons. The minimum Gasteiger partial charge on any atom is -0.448 e. The first-order chi connectivity index (χ1) is 16.2. The molecule has 5 heteroatoms. The maximum Gasteiger partial charge on any atom is 0.410 e. The van der Waals surface area contributed by atoms with Crippen molar-refractivity contribution in [1.29, 1.82) is 5.26 Å². The van der Waals surface area contributed by atoms with Crippen LogP contribution in [-0.2, 0) is 4.74 Å². The summed E-state index contributed by atoms with van der Waals surface area (Å²) in [5.41, 5.74) is 7.26. The molecule has 1 aromatic heterocycles. The van der Waals surface area contributed by atoms with E-state index in [2.05, 4.69) is 53.5 Å². The van der Waals surface area contributed by atoms with Gasteiger partial charge in [0, 0.05) is 12.0 Å². The van der Waals surface area contributed by atoms with E-state index in [1.54, 1.807) is 6.07 Å². The Morgan fingerprint density at radius 3 is 2.42 bits per heavy atom. The number of benzene rings is 2. The molecule has 0 spiro atoms. The number of pyridine rings is 1. The second kappa shape index (κ2) is 7.90. The largest absolute Gasteiger partial charge is 0.448 e. The van der Waals surface area contributed by atoms with Crippen LogP contribution in [0.3, 0.4) is 0 Å². The second-order valence-electron chi connectivity index (χ2n) is 8.93. The molecule has 0 saturated carbocycles. The zero-order chi connectivity index (χ0) is 22.4. The lowest BCUT2D eigenvalue weighted by Crippen LogP contribution is -2.43. The minimum atomic E-state index is -0.238. The lowest BCUT2D eigenvalue weighted by Gasteiger charge is -2.33. The molecule has 0 radical (unpaired) electrons. The molecule has 1 aliphatic carbocycles. The summed E-state index contributed by atoms with van der Waals surface area (Å²) in [6.07, 6.45) is 4.51. The number of carbonyl (C=O) groups is 1. The van der Waals surface area contributed by atoms with E-state index in [1.807, 2.05) is 29.2 Å². The monoisotopic (exact) mass is 433 g/mol. The Balaban J connectivity index is 1.20. The van der Waals surface area contributed by atoms with Gasteiger partial charge in [-0.05, 0) is 59.2 Å². The van der Waals surface area contributed by atoms with Crippen molar-refractivity contribution in [3.05, 3.63) is 95.3 Å². The molecule has 2 aliphatic heterocycles. The maximum atomic E-state index is 13.2. The van der Waals surface area contributed by atoms with Crippen LogP contribution in [0.25, 0.3) is 16.7 Å². The van der Waals surface area contributed by atoms with Gasteiger partial charge in [-0.25, -0.2) is 9.78 Å². The molecule has 0 N–H and O–H groups in total. The van der Waals surface area contributed by atoms with E-state index < -0.39 is 0 Å². The molecule has 5 nitrogen and oxygen atoms in total.